The van der Waals surface area contributed by atoms with Gasteiger partial charge in [-0.25, -0.2) is 13.8 Å². The number of hydrogen-bond donors (Lipinski definition) is 1. The minimum Gasteiger partial charge on any atom is -0.461 e. The molecule has 7 heterocycles. The van der Waals surface area contributed by atoms with Crippen LogP contribution in [0.2, 0.25) is 0 Å². The number of benzene rings is 2. The van der Waals surface area contributed by atoms with Crippen LogP contribution >= 0.6 is 0 Å². The second kappa shape index (κ2) is 9.28. The summed E-state index contributed by atoms with van der Waals surface area (Å²) in [5.41, 5.74) is 1.86. The summed E-state index contributed by atoms with van der Waals surface area (Å²) in [6, 6.07) is 15.1. The average molecular weight is 569 g/mol. The molecule has 2 bridgehead atoms. The monoisotopic (exact) mass is 568 g/mol. The molecule has 216 valence electrons. The topological polar surface area (TPSA) is 66.4 Å². The van der Waals surface area contributed by atoms with Gasteiger partial charge >= 0.3 is 6.01 Å². The number of piperazine rings is 1. The third-order valence-electron chi connectivity index (χ3n) is 10.6. The molecule has 0 saturated carbocycles. The highest BCUT2D eigenvalue weighted by Gasteiger charge is 2.49. The Kier molecular flexibility index (Phi) is 5.55. The average Bonchev–Trinajstić information content (AvgIpc) is 3.64. The molecule has 5 aliphatic rings. The maximum absolute atomic E-state index is 16.8. The minimum atomic E-state index is -0.845. The van der Waals surface area contributed by atoms with Crippen LogP contribution in [0.5, 0.6) is 6.01 Å². The molecule has 5 aliphatic heterocycles. The highest BCUT2D eigenvalue weighted by atomic mass is 19.1. The SMILES string of the molecule is Fc1c(-c2cccc3ccccc23)nc2c3c(nc(OC[C@@]45CCCN4C[C@H](F)C5)nc13)N1C[C@H]3CC[C@H](N3)[C@H]1CC2. The van der Waals surface area contributed by atoms with Crippen molar-refractivity contribution >= 4 is 27.5 Å². The molecule has 4 aromatic rings. The summed E-state index contributed by atoms with van der Waals surface area (Å²) in [4.78, 5) is 19.4. The van der Waals surface area contributed by atoms with Crippen molar-refractivity contribution in [2.45, 2.75) is 74.8 Å². The molecule has 1 N–H and O–H groups in total. The third kappa shape index (κ3) is 3.72. The lowest BCUT2D eigenvalue weighted by molar-refractivity contribution is 0.107. The Morgan fingerprint density at radius 1 is 1.02 bits per heavy atom. The third-order valence-corrected chi connectivity index (χ3v) is 10.6. The van der Waals surface area contributed by atoms with Crippen molar-refractivity contribution in [3.8, 4) is 17.3 Å². The fourth-order valence-electron chi connectivity index (χ4n) is 8.69. The first-order valence-electron chi connectivity index (χ1n) is 15.5. The van der Waals surface area contributed by atoms with Gasteiger partial charge in [-0.3, -0.25) is 4.90 Å². The first-order valence-corrected chi connectivity index (χ1v) is 15.5. The lowest BCUT2D eigenvalue weighted by Crippen LogP contribution is -2.58. The van der Waals surface area contributed by atoms with Crippen LogP contribution < -0.4 is 15.0 Å². The van der Waals surface area contributed by atoms with E-state index in [9.17, 15) is 4.39 Å². The quantitative estimate of drug-likeness (QED) is 0.363. The van der Waals surface area contributed by atoms with Crippen LogP contribution in [-0.4, -0.2) is 75.9 Å². The van der Waals surface area contributed by atoms with Crippen molar-refractivity contribution < 1.29 is 13.5 Å². The van der Waals surface area contributed by atoms with Gasteiger partial charge < -0.3 is 15.0 Å². The van der Waals surface area contributed by atoms with Crippen LogP contribution in [0.15, 0.2) is 42.5 Å². The zero-order chi connectivity index (χ0) is 28.0. The number of ether oxygens (including phenoxy) is 1. The van der Waals surface area contributed by atoms with Crippen LogP contribution in [0.25, 0.3) is 32.9 Å². The first kappa shape index (κ1) is 25.1. The van der Waals surface area contributed by atoms with E-state index in [0.29, 0.717) is 42.7 Å². The number of halogens is 2. The maximum atomic E-state index is 16.8. The number of rotatable bonds is 4. The van der Waals surface area contributed by atoms with E-state index < -0.39 is 12.0 Å². The Hall–Kier alpha value is -3.43. The van der Waals surface area contributed by atoms with Crippen LogP contribution in [0.4, 0.5) is 14.6 Å². The van der Waals surface area contributed by atoms with Gasteiger partial charge in [0.2, 0.25) is 0 Å². The van der Waals surface area contributed by atoms with E-state index >= 15 is 4.39 Å². The molecule has 2 aromatic carbocycles. The van der Waals surface area contributed by atoms with Crippen molar-refractivity contribution in [3.63, 3.8) is 0 Å². The number of anilines is 1. The molecule has 0 radical (unpaired) electrons. The number of aromatic nitrogens is 3. The molecule has 42 heavy (non-hydrogen) atoms. The predicted molar refractivity (Wildman–Crippen MR) is 158 cm³/mol. The molecular weight excluding hydrogens is 534 g/mol. The normalized spacial score (nSPS) is 30.1. The van der Waals surface area contributed by atoms with Gasteiger partial charge in [-0.15, -0.1) is 0 Å². The van der Waals surface area contributed by atoms with E-state index in [-0.39, 0.29) is 23.1 Å². The lowest BCUT2D eigenvalue weighted by atomic mass is 9.95. The van der Waals surface area contributed by atoms with E-state index in [1.165, 1.54) is 0 Å². The molecule has 9 heteroatoms. The number of alkyl halides is 1. The minimum absolute atomic E-state index is 0.174. The second-order valence-electron chi connectivity index (χ2n) is 13.0. The van der Waals surface area contributed by atoms with Crippen molar-refractivity contribution in [2.75, 3.05) is 31.1 Å². The predicted octanol–water partition coefficient (Wildman–Crippen LogP) is 5.19. The molecule has 0 amide bonds. The summed E-state index contributed by atoms with van der Waals surface area (Å²) >= 11 is 0. The Morgan fingerprint density at radius 2 is 1.93 bits per heavy atom. The molecule has 0 aliphatic carbocycles. The van der Waals surface area contributed by atoms with Crippen molar-refractivity contribution in [1.82, 2.24) is 25.2 Å². The number of fused-ring (bicyclic) bond motifs is 7. The summed E-state index contributed by atoms with van der Waals surface area (Å²) in [5.74, 6) is 0.290. The molecule has 4 fully saturated rings. The Morgan fingerprint density at radius 3 is 2.88 bits per heavy atom. The number of nitrogens with zero attached hydrogens (tertiary/aromatic N) is 5. The summed E-state index contributed by atoms with van der Waals surface area (Å²) in [6.07, 6.45) is 5.45. The van der Waals surface area contributed by atoms with Crippen LogP contribution in [0.1, 0.15) is 44.2 Å². The van der Waals surface area contributed by atoms with E-state index in [1.807, 2.05) is 42.5 Å². The molecule has 4 saturated heterocycles. The van der Waals surface area contributed by atoms with Crippen LogP contribution in [-0.2, 0) is 6.42 Å². The number of pyridine rings is 1. The lowest BCUT2D eigenvalue weighted by Gasteiger charge is -2.41. The van der Waals surface area contributed by atoms with E-state index in [4.69, 9.17) is 19.7 Å². The molecule has 0 spiro atoms. The van der Waals surface area contributed by atoms with Gasteiger partial charge in [0.1, 0.15) is 29.8 Å². The molecule has 7 nitrogen and oxygen atoms in total. The summed E-state index contributed by atoms with van der Waals surface area (Å²) < 4.78 is 37.6. The fraction of sp³-hybridized carbons (Fsp3) is 0.485. The van der Waals surface area contributed by atoms with Gasteiger partial charge in [-0.1, -0.05) is 42.5 Å². The zero-order valence-corrected chi connectivity index (χ0v) is 23.5. The maximum Gasteiger partial charge on any atom is 0.319 e. The van der Waals surface area contributed by atoms with Crippen LogP contribution in [0.3, 0.4) is 0 Å². The van der Waals surface area contributed by atoms with Gasteiger partial charge in [0.25, 0.3) is 0 Å². The molecule has 0 unspecified atom stereocenters. The number of aryl methyl sites for hydroxylation is 1. The van der Waals surface area contributed by atoms with Gasteiger partial charge in [-0.05, 0) is 55.8 Å². The summed E-state index contributed by atoms with van der Waals surface area (Å²) in [7, 11) is 0. The van der Waals surface area contributed by atoms with Crippen molar-refractivity contribution in [2.24, 2.45) is 0 Å². The van der Waals surface area contributed by atoms with Crippen molar-refractivity contribution in [1.29, 1.82) is 0 Å². The van der Waals surface area contributed by atoms with E-state index in [0.717, 1.165) is 79.5 Å². The summed E-state index contributed by atoms with van der Waals surface area (Å²) in [5, 5.41) is 6.50. The molecule has 9 rings (SSSR count). The molecular formula is C33H34F2N6O. The van der Waals surface area contributed by atoms with Crippen molar-refractivity contribution in [3.05, 3.63) is 54.0 Å². The van der Waals surface area contributed by atoms with Crippen LogP contribution in [0, 0.1) is 5.82 Å². The zero-order valence-electron chi connectivity index (χ0n) is 23.5. The molecule has 2 aromatic heterocycles. The molecule has 5 atom stereocenters. The highest BCUT2D eigenvalue weighted by Crippen LogP contribution is 2.44. The second-order valence-corrected chi connectivity index (χ2v) is 13.0. The first-order chi connectivity index (χ1) is 20.6. The Bertz CT molecular complexity index is 1730. The smallest absolute Gasteiger partial charge is 0.319 e. The van der Waals surface area contributed by atoms with Gasteiger partial charge in [-0.2, -0.15) is 9.97 Å². The fourth-order valence-corrected chi connectivity index (χ4v) is 8.69. The standard InChI is InChI=1S/C33H34F2N6O/c34-20-15-33(13-4-14-40(33)16-20)18-42-32-38-30-27-25(11-12-26-24-10-9-21(36-24)17-41(26)31(27)39-32)37-29(28(30)35)23-8-3-6-19-5-1-2-7-22(19)23/h1-3,5-8,20-21,24,26,36H,4,9-18H2/t20-,21-,24+,26-,33+/m1/s1. The van der Waals surface area contributed by atoms with E-state index in [2.05, 4.69) is 15.1 Å². The number of nitrogens with one attached hydrogen (secondary N) is 1. The van der Waals surface area contributed by atoms with Gasteiger partial charge in [0, 0.05) is 43.2 Å². The summed E-state index contributed by atoms with van der Waals surface area (Å²) in [6.45, 7) is 2.47. The highest BCUT2D eigenvalue weighted by molar-refractivity contribution is 6.00. The van der Waals surface area contributed by atoms with Gasteiger partial charge in [0.15, 0.2) is 5.82 Å². The largest absolute Gasteiger partial charge is 0.461 e. The Labute approximate surface area is 243 Å². The van der Waals surface area contributed by atoms with Gasteiger partial charge in [0.05, 0.1) is 16.6 Å². The Balaban J connectivity index is 1.21. The van der Waals surface area contributed by atoms with E-state index in [1.54, 1.807) is 0 Å². The number of hydrogen-bond acceptors (Lipinski definition) is 7.